The van der Waals surface area contributed by atoms with Gasteiger partial charge in [-0.3, -0.25) is 0 Å². The van der Waals surface area contributed by atoms with E-state index in [-0.39, 0.29) is 0 Å². The molecular formula is C13H22O. The molecule has 2 aliphatic rings. The summed E-state index contributed by atoms with van der Waals surface area (Å²) >= 11 is 0. The molecule has 2 rings (SSSR count). The predicted molar refractivity (Wildman–Crippen MR) is 59.1 cm³/mol. The van der Waals surface area contributed by atoms with Crippen LogP contribution in [-0.2, 0) is 0 Å². The first-order valence-electron chi connectivity index (χ1n) is 5.97. The highest BCUT2D eigenvalue weighted by Gasteiger charge is 2.39. The Morgan fingerprint density at radius 2 is 1.93 bits per heavy atom. The maximum Gasteiger partial charge on any atom is 0.0832 e. The van der Waals surface area contributed by atoms with Crippen LogP contribution in [0, 0.1) is 11.8 Å². The fourth-order valence-corrected chi connectivity index (χ4v) is 2.97. The van der Waals surface area contributed by atoms with E-state index >= 15 is 0 Å². The molecule has 0 aromatic carbocycles. The molecule has 0 radical (unpaired) electrons. The van der Waals surface area contributed by atoms with Gasteiger partial charge in [-0.05, 0) is 64.2 Å². The molecule has 0 heterocycles. The van der Waals surface area contributed by atoms with Crippen LogP contribution in [0.2, 0.25) is 0 Å². The van der Waals surface area contributed by atoms with Crippen LogP contribution < -0.4 is 0 Å². The minimum absolute atomic E-state index is 0.468. The van der Waals surface area contributed by atoms with Gasteiger partial charge in [0.05, 0.1) is 5.60 Å². The summed E-state index contributed by atoms with van der Waals surface area (Å²) in [4.78, 5) is 0. The van der Waals surface area contributed by atoms with Crippen molar-refractivity contribution in [3.05, 3.63) is 11.6 Å². The topological polar surface area (TPSA) is 20.2 Å². The smallest absolute Gasteiger partial charge is 0.0832 e. The lowest BCUT2D eigenvalue weighted by atomic mass is 9.75. The van der Waals surface area contributed by atoms with Crippen molar-refractivity contribution in [1.82, 2.24) is 0 Å². The van der Waals surface area contributed by atoms with Crippen molar-refractivity contribution in [1.29, 1.82) is 0 Å². The van der Waals surface area contributed by atoms with Gasteiger partial charge in [-0.2, -0.15) is 0 Å². The number of hydrogen-bond donors (Lipinski definition) is 1. The SMILES string of the molecule is CC(C)=CC1(O)CCCC(C2CC2)C1. The van der Waals surface area contributed by atoms with Crippen LogP contribution in [0.4, 0.5) is 0 Å². The van der Waals surface area contributed by atoms with Crippen LogP contribution in [0.1, 0.15) is 52.4 Å². The Kier molecular flexibility index (Phi) is 2.70. The van der Waals surface area contributed by atoms with Crippen molar-refractivity contribution in [3.8, 4) is 0 Å². The Bertz CT molecular complexity index is 236. The van der Waals surface area contributed by atoms with E-state index in [0.29, 0.717) is 0 Å². The molecule has 1 nitrogen and oxygen atoms in total. The van der Waals surface area contributed by atoms with Crippen LogP contribution in [0.15, 0.2) is 11.6 Å². The Hall–Kier alpha value is -0.300. The highest BCUT2D eigenvalue weighted by atomic mass is 16.3. The average Bonchev–Trinajstić information content (AvgIpc) is 2.83. The fraction of sp³-hybridized carbons (Fsp3) is 0.846. The second kappa shape index (κ2) is 3.69. The molecule has 0 aliphatic heterocycles. The standard InChI is InChI=1S/C13H22O/c1-10(2)8-13(14)7-3-4-12(9-13)11-5-6-11/h8,11-12,14H,3-7,9H2,1-2H3. The predicted octanol–water partition coefficient (Wildman–Crippen LogP) is 3.28. The summed E-state index contributed by atoms with van der Waals surface area (Å²) in [6, 6.07) is 0. The molecule has 1 N–H and O–H groups in total. The zero-order valence-electron chi connectivity index (χ0n) is 9.42. The van der Waals surface area contributed by atoms with Gasteiger partial charge in [-0.15, -0.1) is 0 Å². The first kappa shape index (κ1) is 10.2. The normalized spacial score (nSPS) is 38.1. The molecule has 2 atom stereocenters. The van der Waals surface area contributed by atoms with Crippen LogP contribution >= 0.6 is 0 Å². The van der Waals surface area contributed by atoms with Gasteiger partial charge in [0.1, 0.15) is 0 Å². The van der Waals surface area contributed by atoms with Gasteiger partial charge < -0.3 is 5.11 Å². The van der Waals surface area contributed by atoms with Crippen molar-refractivity contribution >= 4 is 0 Å². The molecule has 1 heteroatoms. The third-order valence-electron chi connectivity index (χ3n) is 3.65. The molecule has 14 heavy (non-hydrogen) atoms. The molecule has 0 aromatic heterocycles. The van der Waals surface area contributed by atoms with Gasteiger partial charge in [0, 0.05) is 0 Å². The van der Waals surface area contributed by atoms with E-state index in [1.165, 1.54) is 31.3 Å². The van der Waals surface area contributed by atoms with E-state index in [4.69, 9.17) is 0 Å². The summed E-state index contributed by atoms with van der Waals surface area (Å²) in [5.74, 6) is 1.76. The second-order valence-corrected chi connectivity index (χ2v) is 5.52. The summed E-state index contributed by atoms with van der Waals surface area (Å²) in [5.41, 5.74) is 0.786. The summed E-state index contributed by atoms with van der Waals surface area (Å²) in [6.45, 7) is 4.16. The summed E-state index contributed by atoms with van der Waals surface area (Å²) in [5, 5.41) is 10.4. The zero-order valence-corrected chi connectivity index (χ0v) is 9.42. The first-order chi connectivity index (χ1) is 6.59. The molecule has 0 bridgehead atoms. The number of hydrogen-bond acceptors (Lipinski definition) is 1. The third kappa shape index (κ3) is 2.38. The molecule has 80 valence electrons. The molecular weight excluding hydrogens is 172 g/mol. The lowest BCUT2D eigenvalue weighted by molar-refractivity contribution is 0.0224. The number of allylic oxidation sites excluding steroid dienone is 1. The monoisotopic (exact) mass is 194 g/mol. The zero-order chi connectivity index (χ0) is 10.2. The maximum absolute atomic E-state index is 10.4. The molecule has 2 saturated carbocycles. The first-order valence-corrected chi connectivity index (χ1v) is 5.97. The van der Waals surface area contributed by atoms with Crippen molar-refractivity contribution in [2.24, 2.45) is 11.8 Å². The minimum atomic E-state index is -0.468. The highest BCUT2D eigenvalue weighted by molar-refractivity contribution is 5.09. The molecule has 2 aliphatic carbocycles. The van der Waals surface area contributed by atoms with E-state index in [1.807, 2.05) is 0 Å². The lowest BCUT2D eigenvalue weighted by Gasteiger charge is -2.35. The van der Waals surface area contributed by atoms with Gasteiger partial charge in [0.2, 0.25) is 0 Å². The number of rotatable bonds is 2. The van der Waals surface area contributed by atoms with Crippen molar-refractivity contribution in [2.45, 2.75) is 58.0 Å². The van der Waals surface area contributed by atoms with Gasteiger partial charge in [0.25, 0.3) is 0 Å². The van der Waals surface area contributed by atoms with Gasteiger partial charge >= 0.3 is 0 Å². The summed E-state index contributed by atoms with van der Waals surface area (Å²) in [7, 11) is 0. The van der Waals surface area contributed by atoms with E-state index in [2.05, 4.69) is 19.9 Å². The van der Waals surface area contributed by atoms with E-state index in [1.54, 1.807) is 0 Å². The van der Waals surface area contributed by atoms with Crippen LogP contribution in [0.5, 0.6) is 0 Å². The van der Waals surface area contributed by atoms with E-state index in [9.17, 15) is 5.11 Å². The largest absolute Gasteiger partial charge is 0.386 e. The second-order valence-electron chi connectivity index (χ2n) is 5.52. The average molecular weight is 194 g/mol. The van der Waals surface area contributed by atoms with Gasteiger partial charge in [-0.25, -0.2) is 0 Å². The van der Waals surface area contributed by atoms with Crippen LogP contribution in [0.3, 0.4) is 0 Å². The van der Waals surface area contributed by atoms with E-state index in [0.717, 1.165) is 24.7 Å². The molecule has 0 amide bonds. The lowest BCUT2D eigenvalue weighted by Crippen LogP contribution is -2.34. The molecule has 0 aromatic rings. The molecule has 2 fully saturated rings. The molecule has 0 saturated heterocycles. The van der Waals surface area contributed by atoms with Gasteiger partial charge in [-0.1, -0.05) is 11.6 Å². The van der Waals surface area contributed by atoms with Crippen molar-refractivity contribution in [2.75, 3.05) is 0 Å². The van der Waals surface area contributed by atoms with Crippen molar-refractivity contribution < 1.29 is 5.11 Å². The Morgan fingerprint density at radius 3 is 2.50 bits per heavy atom. The van der Waals surface area contributed by atoms with Crippen LogP contribution in [0.25, 0.3) is 0 Å². The van der Waals surface area contributed by atoms with Crippen molar-refractivity contribution in [3.63, 3.8) is 0 Å². The summed E-state index contributed by atoms with van der Waals surface area (Å²) < 4.78 is 0. The van der Waals surface area contributed by atoms with Crippen LogP contribution in [-0.4, -0.2) is 10.7 Å². The number of aliphatic hydroxyl groups is 1. The quantitative estimate of drug-likeness (QED) is 0.669. The Balaban J connectivity index is 2.01. The maximum atomic E-state index is 10.4. The summed E-state index contributed by atoms with van der Waals surface area (Å²) in [6.07, 6.45) is 9.46. The third-order valence-corrected chi connectivity index (χ3v) is 3.65. The molecule has 2 unspecified atom stereocenters. The van der Waals surface area contributed by atoms with Gasteiger partial charge in [0.15, 0.2) is 0 Å². The Morgan fingerprint density at radius 1 is 1.21 bits per heavy atom. The Labute approximate surface area is 87.2 Å². The minimum Gasteiger partial charge on any atom is -0.386 e. The molecule has 0 spiro atoms. The van der Waals surface area contributed by atoms with E-state index < -0.39 is 5.60 Å². The highest BCUT2D eigenvalue weighted by Crippen LogP contribution is 2.47. The fourth-order valence-electron chi connectivity index (χ4n) is 2.97.